The maximum atomic E-state index is 15.0. The van der Waals surface area contributed by atoms with Crippen LogP contribution in [-0.2, 0) is 0 Å². The number of aromatic nitrogens is 3. The zero-order chi connectivity index (χ0) is 26.6. The lowest BCUT2D eigenvalue weighted by Crippen LogP contribution is -2.44. The highest BCUT2D eigenvalue weighted by molar-refractivity contribution is 6.06. The van der Waals surface area contributed by atoms with Crippen LogP contribution in [0.25, 0.3) is 11.0 Å². The number of nitrogens with one attached hydrogen (secondary N) is 1. The number of anilines is 1. The van der Waals surface area contributed by atoms with Crippen molar-refractivity contribution in [3.63, 3.8) is 0 Å². The molecule has 0 unspecified atom stereocenters. The summed E-state index contributed by atoms with van der Waals surface area (Å²) in [6, 6.07) is 7.16. The summed E-state index contributed by atoms with van der Waals surface area (Å²) in [6.45, 7) is 11.1. The van der Waals surface area contributed by atoms with Crippen molar-refractivity contribution in [1.82, 2.24) is 20.0 Å². The molecule has 2 heterocycles. The Morgan fingerprint density at radius 3 is 2.11 bits per heavy atom. The van der Waals surface area contributed by atoms with Crippen LogP contribution in [0.2, 0.25) is 0 Å². The molecule has 0 saturated heterocycles. The number of hydrazine groups is 1. The van der Waals surface area contributed by atoms with Gasteiger partial charge in [-0.1, -0.05) is 6.07 Å². The van der Waals surface area contributed by atoms with Crippen molar-refractivity contribution in [2.75, 3.05) is 5.32 Å². The molecule has 3 rings (SSSR count). The van der Waals surface area contributed by atoms with E-state index in [4.69, 9.17) is 21.2 Å². The molecule has 36 heavy (non-hydrogen) atoms. The number of carbonyl (C=O) groups excluding carboxylic acids is 1. The van der Waals surface area contributed by atoms with E-state index < -0.39 is 11.7 Å². The molecule has 1 amide bonds. The third-order valence-corrected chi connectivity index (χ3v) is 4.77. The number of hydrogen-bond acceptors (Lipinski definition) is 9. The van der Waals surface area contributed by atoms with Gasteiger partial charge in [-0.3, -0.25) is 9.80 Å². The van der Waals surface area contributed by atoms with Crippen LogP contribution in [0.3, 0.4) is 0 Å². The van der Waals surface area contributed by atoms with Crippen molar-refractivity contribution in [3.05, 3.63) is 47.4 Å². The molecule has 0 aliphatic carbocycles. The molecule has 5 N–H and O–H groups in total. The number of carbonyl (C=O) groups is 1. The van der Waals surface area contributed by atoms with E-state index in [1.165, 1.54) is 11.1 Å². The van der Waals surface area contributed by atoms with Gasteiger partial charge < -0.3 is 20.6 Å². The summed E-state index contributed by atoms with van der Waals surface area (Å²) in [5.41, 5.74) is 0.580. The van der Waals surface area contributed by atoms with Crippen LogP contribution in [0.5, 0.6) is 11.8 Å². The minimum atomic E-state index is -0.782. The first-order valence-electron chi connectivity index (χ1n) is 11.4. The fraction of sp³-hybridized carbons (Fsp3) is 0.375. The quantitative estimate of drug-likeness (QED) is 0.184. The Morgan fingerprint density at radius 2 is 1.58 bits per heavy atom. The van der Waals surface area contributed by atoms with Crippen LogP contribution in [0, 0.1) is 5.82 Å². The lowest BCUT2D eigenvalue weighted by Gasteiger charge is -2.23. The molecule has 0 spiro atoms. The van der Waals surface area contributed by atoms with Gasteiger partial charge in [-0.05, 0) is 59.7 Å². The maximum Gasteiger partial charge on any atom is 0.278 e. The predicted molar refractivity (Wildman–Crippen MR) is 135 cm³/mol. The fourth-order valence-corrected chi connectivity index (χ4v) is 3.14. The standard InChI is InChI=1S/C24H31FN8O3/c1-12(2)33(27)21(32-26)17-8-7-9-20(28-17)31-22(34)15-10-18-19(11-16(15)25)30-24(36-14(5)6)23(29-18)35-13(3)4/h7-14H,26-27H2,1-6H3,(H,28,31,34)/b32-21-. The molecule has 3 aromatic rings. The van der Waals surface area contributed by atoms with Gasteiger partial charge in [0.15, 0.2) is 5.84 Å². The van der Waals surface area contributed by atoms with Gasteiger partial charge in [0, 0.05) is 12.1 Å². The van der Waals surface area contributed by atoms with Crippen LogP contribution < -0.4 is 26.5 Å². The number of benzene rings is 1. The highest BCUT2D eigenvalue weighted by Crippen LogP contribution is 2.29. The van der Waals surface area contributed by atoms with Crippen molar-refractivity contribution in [3.8, 4) is 11.8 Å². The molecule has 0 fully saturated rings. The summed E-state index contributed by atoms with van der Waals surface area (Å²) in [4.78, 5) is 26.1. The second kappa shape index (κ2) is 11.1. The number of fused-ring (bicyclic) bond motifs is 1. The number of nitrogens with zero attached hydrogens (tertiary/aromatic N) is 5. The summed E-state index contributed by atoms with van der Waals surface area (Å²) in [5, 5.41) is 7.64. The van der Waals surface area contributed by atoms with E-state index >= 15 is 0 Å². The number of pyridine rings is 1. The molecule has 12 heteroatoms. The lowest BCUT2D eigenvalue weighted by molar-refractivity contribution is 0.102. The monoisotopic (exact) mass is 498 g/mol. The molecular weight excluding hydrogens is 467 g/mol. The molecule has 192 valence electrons. The van der Waals surface area contributed by atoms with Crippen LogP contribution in [0.4, 0.5) is 10.2 Å². The largest absolute Gasteiger partial charge is 0.471 e. The summed E-state index contributed by atoms with van der Waals surface area (Å²) in [5.74, 6) is 10.7. The highest BCUT2D eigenvalue weighted by atomic mass is 19.1. The average molecular weight is 499 g/mol. The van der Waals surface area contributed by atoms with E-state index in [2.05, 4.69) is 25.4 Å². The van der Waals surface area contributed by atoms with Gasteiger partial charge in [0.1, 0.15) is 17.3 Å². The first-order valence-corrected chi connectivity index (χ1v) is 11.4. The van der Waals surface area contributed by atoms with Crippen molar-refractivity contribution >= 4 is 28.6 Å². The van der Waals surface area contributed by atoms with E-state index in [0.29, 0.717) is 5.69 Å². The Labute approximate surface area is 208 Å². The van der Waals surface area contributed by atoms with Crippen LogP contribution >= 0.6 is 0 Å². The number of nitrogens with two attached hydrogens (primary N) is 2. The summed E-state index contributed by atoms with van der Waals surface area (Å²) in [7, 11) is 0. The SMILES string of the molecule is CC(C)Oc1nc2cc(F)c(C(=O)Nc3cccc(/C(=N/N)N(N)C(C)C)n3)cc2nc1OC(C)C. The van der Waals surface area contributed by atoms with Gasteiger partial charge >= 0.3 is 0 Å². The van der Waals surface area contributed by atoms with Crippen LogP contribution in [-0.4, -0.2) is 50.0 Å². The molecule has 0 radical (unpaired) electrons. The Bertz CT molecular complexity index is 1280. The van der Waals surface area contributed by atoms with Crippen LogP contribution in [0.1, 0.15) is 57.6 Å². The highest BCUT2D eigenvalue weighted by Gasteiger charge is 2.20. The van der Waals surface area contributed by atoms with Gasteiger partial charge in [0.05, 0.1) is 28.8 Å². The number of hydrogen-bond donors (Lipinski definition) is 3. The first kappa shape index (κ1) is 26.5. The third kappa shape index (κ3) is 6.13. The van der Waals surface area contributed by atoms with Crippen molar-refractivity contribution in [2.24, 2.45) is 16.8 Å². The average Bonchev–Trinajstić information content (AvgIpc) is 2.79. The molecule has 1 aromatic carbocycles. The Balaban J connectivity index is 1.95. The van der Waals surface area contributed by atoms with Crippen molar-refractivity contribution < 1.29 is 18.7 Å². The molecule has 11 nitrogen and oxygen atoms in total. The van der Waals surface area contributed by atoms with Gasteiger partial charge in [-0.25, -0.2) is 25.2 Å². The zero-order valence-electron chi connectivity index (χ0n) is 21.1. The minimum Gasteiger partial charge on any atom is -0.471 e. The van der Waals surface area contributed by atoms with E-state index in [1.807, 2.05) is 41.5 Å². The van der Waals surface area contributed by atoms with Crippen molar-refractivity contribution in [1.29, 1.82) is 0 Å². The normalized spacial score (nSPS) is 11.9. The van der Waals surface area contributed by atoms with Gasteiger partial charge in [-0.15, -0.1) is 0 Å². The second-order valence-electron chi connectivity index (χ2n) is 8.80. The van der Waals surface area contributed by atoms with Crippen molar-refractivity contribution in [2.45, 2.75) is 59.8 Å². The first-order chi connectivity index (χ1) is 17.0. The van der Waals surface area contributed by atoms with Gasteiger partial charge in [0.2, 0.25) is 0 Å². The lowest BCUT2D eigenvalue weighted by atomic mass is 10.1. The molecule has 0 aliphatic rings. The third-order valence-electron chi connectivity index (χ3n) is 4.77. The fourth-order valence-electron chi connectivity index (χ4n) is 3.14. The molecule has 0 atom stereocenters. The van der Waals surface area contributed by atoms with E-state index in [1.54, 1.807) is 18.2 Å². The zero-order valence-corrected chi connectivity index (χ0v) is 21.1. The van der Waals surface area contributed by atoms with E-state index in [0.717, 1.165) is 6.07 Å². The molecule has 2 aromatic heterocycles. The molecule has 0 saturated carbocycles. The Kier molecular flexibility index (Phi) is 8.20. The number of ether oxygens (including phenoxy) is 2. The number of rotatable bonds is 8. The summed E-state index contributed by atoms with van der Waals surface area (Å²) in [6.07, 6.45) is -0.393. The number of halogens is 1. The maximum absolute atomic E-state index is 15.0. The number of amides is 1. The summed E-state index contributed by atoms with van der Waals surface area (Å²) >= 11 is 0. The number of hydrazone groups is 1. The molecule has 0 aliphatic heterocycles. The van der Waals surface area contributed by atoms with Gasteiger partial charge in [0.25, 0.3) is 17.7 Å². The molecular formula is C24H31FN8O3. The second-order valence-corrected chi connectivity index (χ2v) is 8.80. The predicted octanol–water partition coefficient (Wildman–Crippen LogP) is 3.20. The van der Waals surface area contributed by atoms with E-state index in [-0.39, 0.29) is 58.3 Å². The van der Waals surface area contributed by atoms with Gasteiger partial charge in [-0.2, -0.15) is 5.10 Å². The smallest absolute Gasteiger partial charge is 0.278 e. The van der Waals surface area contributed by atoms with Crippen LogP contribution in [0.15, 0.2) is 35.4 Å². The molecule has 0 bridgehead atoms. The minimum absolute atomic E-state index is 0.101. The van der Waals surface area contributed by atoms with E-state index in [9.17, 15) is 9.18 Å². The Morgan fingerprint density at radius 1 is 1.00 bits per heavy atom. The number of amidine groups is 1. The topological polar surface area (TPSA) is 154 Å². The Hall–Kier alpha value is -4.06. The summed E-state index contributed by atoms with van der Waals surface area (Å²) < 4.78 is 26.4.